The number of thioether (sulfide) groups is 1. The minimum Gasteiger partial charge on any atom is -0.497 e. The fourth-order valence-electron chi connectivity index (χ4n) is 3.27. The summed E-state index contributed by atoms with van der Waals surface area (Å²) in [5.41, 5.74) is 1.93. The van der Waals surface area contributed by atoms with E-state index < -0.39 is 0 Å². The molecule has 0 aromatic heterocycles. The van der Waals surface area contributed by atoms with Crippen molar-refractivity contribution in [3.8, 4) is 5.75 Å². The molecule has 2 aromatic rings. The van der Waals surface area contributed by atoms with Gasteiger partial charge in [-0.15, -0.1) is 11.8 Å². The normalized spacial score (nSPS) is 14.8. The van der Waals surface area contributed by atoms with Gasteiger partial charge in [0.2, 0.25) is 5.91 Å². The molecule has 0 radical (unpaired) electrons. The van der Waals surface area contributed by atoms with Gasteiger partial charge in [-0.1, -0.05) is 35.9 Å². The number of Topliss-reactive ketones (excluding diaryl/α,β-unsaturated/α-hetero) is 1. The molecule has 0 unspecified atom stereocenters. The summed E-state index contributed by atoms with van der Waals surface area (Å²) in [6, 6.07) is 15.5. The number of benzene rings is 2. The van der Waals surface area contributed by atoms with E-state index in [9.17, 15) is 9.59 Å². The highest BCUT2D eigenvalue weighted by molar-refractivity contribution is 8.00. The second kappa shape index (κ2) is 9.09. The van der Waals surface area contributed by atoms with Gasteiger partial charge in [-0.3, -0.25) is 9.59 Å². The smallest absolute Gasteiger partial charge is 0.232 e. The molecular formula is C22H25NO3S. The monoisotopic (exact) mass is 383 g/mol. The highest BCUT2D eigenvalue weighted by Gasteiger charge is 2.27. The van der Waals surface area contributed by atoms with Gasteiger partial charge >= 0.3 is 0 Å². The zero-order chi connectivity index (χ0) is 19.2. The number of amides is 1. The first-order valence-electron chi connectivity index (χ1n) is 9.22. The zero-order valence-electron chi connectivity index (χ0n) is 15.8. The third-order valence-corrected chi connectivity index (χ3v) is 5.94. The van der Waals surface area contributed by atoms with Crippen LogP contribution in [-0.4, -0.2) is 42.5 Å². The lowest BCUT2D eigenvalue weighted by atomic mass is 9.88. The van der Waals surface area contributed by atoms with Gasteiger partial charge in [0, 0.05) is 29.5 Å². The Morgan fingerprint density at radius 3 is 2.48 bits per heavy atom. The highest BCUT2D eigenvalue weighted by atomic mass is 32.2. The lowest BCUT2D eigenvalue weighted by molar-refractivity contribution is -0.129. The molecule has 5 heteroatoms. The summed E-state index contributed by atoms with van der Waals surface area (Å²) < 4.78 is 5.21. The van der Waals surface area contributed by atoms with Crippen molar-refractivity contribution in [1.82, 2.24) is 4.90 Å². The highest BCUT2D eigenvalue weighted by Crippen LogP contribution is 2.25. The van der Waals surface area contributed by atoms with Crippen molar-refractivity contribution < 1.29 is 14.3 Å². The molecule has 0 aliphatic carbocycles. The first-order chi connectivity index (χ1) is 13.1. The number of likely N-dealkylation sites (tertiary alicyclic amines) is 1. The molecule has 142 valence electrons. The number of ketones is 1. The van der Waals surface area contributed by atoms with Crippen LogP contribution < -0.4 is 4.74 Å². The van der Waals surface area contributed by atoms with Gasteiger partial charge in [0.1, 0.15) is 5.75 Å². The molecule has 0 saturated carbocycles. The number of hydrogen-bond donors (Lipinski definition) is 0. The third kappa shape index (κ3) is 5.13. The molecule has 0 atom stereocenters. The Morgan fingerprint density at radius 1 is 1.11 bits per heavy atom. The molecule has 0 bridgehead atoms. The van der Waals surface area contributed by atoms with Crippen LogP contribution in [0.3, 0.4) is 0 Å². The molecule has 3 rings (SSSR count). The van der Waals surface area contributed by atoms with Gasteiger partial charge in [-0.05, 0) is 38.0 Å². The molecule has 1 fully saturated rings. The summed E-state index contributed by atoms with van der Waals surface area (Å²) in [4.78, 5) is 28.0. The molecule has 1 aliphatic rings. The van der Waals surface area contributed by atoms with Crippen LogP contribution in [0.15, 0.2) is 53.4 Å². The van der Waals surface area contributed by atoms with E-state index >= 15 is 0 Å². The number of aryl methyl sites for hydroxylation is 1. The van der Waals surface area contributed by atoms with E-state index in [4.69, 9.17) is 4.74 Å². The average Bonchev–Trinajstić information content (AvgIpc) is 2.72. The Labute approximate surface area is 164 Å². The Balaban J connectivity index is 1.48. The standard InChI is InChI=1S/C22H25NO3S/c1-16-6-8-17(9-7-16)22(25)18-10-12-23(13-11-18)21(24)15-27-20-5-3-4-19(14-20)26-2/h3-9,14,18H,10-13,15H2,1-2H3. The van der Waals surface area contributed by atoms with Crippen LogP contribution >= 0.6 is 11.8 Å². The SMILES string of the molecule is COc1cccc(SCC(=O)N2CCC(C(=O)c3ccc(C)cc3)CC2)c1. The maximum absolute atomic E-state index is 12.6. The summed E-state index contributed by atoms with van der Waals surface area (Å²) in [5, 5.41) is 0. The molecule has 1 aliphatic heterocycles. The Kier molecular flexibility index (Phi) is 6.56. The number of rotatable bonds is 6. The quantitative estimate of drug-likeness (QED) is 0.554. The van der Waals surface area contributed by atoms with Gasteiger partial charge in [0.25, 0.3) is 0 Å². The topological polar surface area (TPSA) is 46.6 Å². The largest absolute Gasteiger partial charge is 0.497 e. The van der Waals surface area contributed by atoms with Crippen molar-refractivity contribution in [2.45, 2.75) is 24.7 Å². The number of methoxy groups -OCH3 is 1. The van der Waals surface area contributed by atoms with E-state index in [0.717, 1.165) is 34.6 Å². The van der Waals surface area contributed by atoms with Gasteiger partial charge in [-0.25, -0.2) is 0 Å². The molecule has 27 heavy (non-hydrogen) atoms. The maximum Gasteiger partial charge on any atom is 0.232 e. The van der Waals surface area contributed by atoms with Crippen LogP contribution in [0.2, 0.25) is 0 Å². The Bertz CT molecular complexity index is 795. The van der Waals surface area contributed by atoms with Crippen LogP contribution in [0.1, 0.15) is 28.8 Å². The lowest BCUT2D eigenvalue weighted by Gasteiger charge is -2.31. The average molecular weight is 384 g/mol. The van der Waals surface area contributed by atoms with Gasteiger partial charge in [0.05, 0.1) is 12.9 Å². The number of nitrogens with zero attached hydrogens (tertiary/aromatic N) is 1. The van der Waals surface area contributed by atoms with Crippen molar-refractivity contribution in [1.29, 1.82) is 0 Å². The predicted molar refractivity (Wildman–Crippen MR) is 109 cm³/mol. The Morgan fingerprint density at radius 2 is 1.81 bits per heavy atom. The first kappa shape index (κ1) is 19.5. The molecule has 0 spiro atoms. The molecule has 1 amide bonds. The fourth-order valence-corrected chi connectivity index (χ4v) is 4.12. The summed E-state index contributed by atoms with van der Waals surface area (Å²) in [7, 11) is 1.64. The number of carbonyl (C=O) groups is 2. The van der Waals surface area contributed by atoms with Crippen molar-refractivity contribution in [2.75, 3.05) is 26.0 Å². The third-order valence-electron chi connectivity index (χ3n) is 4.96. The van der Waals surface area contributed by atoms with E-state index in [1.54, 1.807) is 7.11 Å². The van der Waals surface area contributed by atoms with E-state index in [-0.39, 0.29) is 17.6 Å². The molecule has 0 N–H and O–H groups in total. The second-order valence-electron chi connectivity index (χ2n) is 6.85. The molecule has 1 heterocycles. The van der Waals surface area contributed by atoms with Crippen LogP contribution in [0.4, 0.5) is 0 Å². The number of piperidine rings is 1. The molecular weight excluding hydrogens is 358 g/mol. The molecule has 4 nitrogen and oxygen atoms in total. The van der Waals surface area contributed by atoms with E-state index in [2.05, 4.69) is 0 Å². The minimum absolute atomic E-state index is 0.0165. The molecule has 1 saturated heterocycles. The minimum atomic E-state index is 0.0165. The number of hydrogen-bond acceptors (Lipinski definition) is 4. The van der Waals surface area contributed by atoms with E-state index in [1.807, 2.05) is 60.4 Å². The van der Waals surface area contributed by atoms with Crippen LogP contribution in [0.5, 0.6) is 5.75 Å². The van der Waals surface area contributed by atoms with Crippen molar-refractivity contribution in [2.24, 2.45) is 5.92 Å². The Hall–Kier alpha value is -2.27. The fraction of sp³-hybridized carbons (Fsp3) is 0.364. The van der Waals surface area contributed by atoms with Crippen molar-refractivity contribution in [3.63, 3.8) is 0 Å². The van der Waals surface area contributed by atoms with Gasteiger partial charge < -0.3 is 9.64 Å². The summed E-state index contributed by atoms with van der Waals surface area (Å²) >= 11 is 1.52. The van der Waals surface area contributed by atoms with E-state index in [1.165, 1.54) is 11.8 Å². The van der Waals surface area contributed by atoms with Crippen LogP contribution in [-0.2, 0) is 4.79 Å². The maximum atomic E-state index is 12.6. The summed E-state index contributed by atoms with van der Waals surface area (Å²) in [6.07, 6.45) is 1.48. The second-order valence-corrected chi connectivity index (χ2v) is 7.90. The van der Waals surface area contributed by atoms with Gasteiger partial charge in [-0.2, -0.15) is 0 Å². The first-order valence-corrected chi connectivity index (χ1v) is 10.2. The van der Waals surface area contributed by atoms with Crippen molar-refractivity contribution >= 4 is 23.5 Å². The lowest BCUT2D eigenvalue weighted by Crippen LogP contribution is -2.41. The summed E-state index contributed by atoms with van der Waals surface area (Å²) in [6.45, 7) is 3.32. The molecule has 2 aromatic carbocycles. The predicted octanol–water partition coefficient (Wildman–Crippen LogP) is 4.22. The number of carbonyl (C=O) groups excluding carboxylic acids is 2. The van der Waals surface area contributed by atoms with Crippen molar-refractivity contribution in [3.05, 3.63) is 59.7 Å². The van der Waals surface area contributed by atoms with Gasteiger partial charge in [0.15, 0.2) is 5.78 Å². The zero-order valence-corrected chi connectivity index (χ0v) is 16.6. The van der Waals surface area contributed by atoms with Crippen LogP contribution in [0.25, 0.3) is 0 Å². The number of ether oxygens (including phenoxy) is 1. The summed E-state index contributed by atoms with van der Waals surface area (Å²) in [5.74, 6) is 1.55. The van der Waals surface area contributed by atoms with E-state index in [0.29, 0.717) is 18.8 Å². The van der Waals surface area contributed by atoms with Crippen LogP contribution in [0, 0.1) is 12.8 Å².